The Labute approximate surface area is 129 Å². The van der Waals surface area contributed by atoms with Crippen LogP contribution in [-0.2, 0) is 4.74 Å². The molecule has 0 saturated carbocycles. The van der Waals surface area contributed by atoms with Crippen molar-refractivity contribution < 1.29 is 9.53 Å². The van der Waals surface area contributed by atoms with E-state index in [9.17, 15) is 4.79 Å². The number of rotatable bonds is 1. The van der Waals surface area contributed by atoms with Crippen molar-refractivity contribution in [3.63, 3.8) is 0 Å². The molecule has 0 aromatic carbocycles. The van der Waals surface area contributed by atoms with E-state index in [-0.39, 0.29) is 11.5 Å². The number of fused-ring (bicyclic) bond motifs is 1. The van der Waals surface area contributed by atoms with E-state index in [4.69, 9.17) is 4.74 Å². The topological polar surface area (TPSA) is 59.7 Å². The molecule has 0 bridgehead atoms. The summed E-state index contributed by atoms with van der Waals surface area (Å²) >= 11 is 0. The van der Waals surface area contributed by atoms with Gasteiger partial charge < -0.3 is 9.64 Å². The summed E-state index contributed by atoms with van der Waals surface area (Å²) < 4.78 is 7.62. The van der Waals surface area contributed by atoms with Gasteiger partial charge >= 0.3 is 0 Å². The van der Waals surface area contributed by atoms with Crippen molar-refractivity contribution >= 4 is 11.6 Å². The lowest BCUT2D eigenvalue weighted by atomic mass is 9.92. The number of carbonyl (C=O) groups excluding carboxylic acids is 1. The standard InChI is InChI=1S/C16H20N4O2/c21-15(13-12-14-17-7-3-9-20(14)18-13)19-8-1-4-16(6-10-19)5-2-11-22-16/h3,7,9,12H,1-2,4-6,8,10-11H2/t16-/m0/s1. The second-order valence-corrected chi connectivity index (χ2v) is 6.23. The first-order valence-corrected chi connectivity index (χ1v) is 7.99. The minimum Gasteiger partial charge on any atom is -0.375 e. The molecule has 2 aliphatic heterocycles. The number of aromatic nitrogens is 3. The minimum absolute atomic E-state index is 0.000506. The highest BCUT2D eigenvalue weighted by Gasteiger charge is 2.37. The smallest absolute Gasteiger partial charge is 0.274 e. The molecule has 2 aromatic rings. The molecular weight excluding hydrogens is 280 g/mol. The lowest BCUT2D eigenvalue weighted by Gasteiger charge is -2.26. The second-order valence-electron chi connectivity index (χ2n) is 6.23. The zero-order valence-electron chi connectivity index (χ0n) is 12.6. The van der Waals surface area contributed by atoms with Gasteiger partial charge in [-0.15, -0.1) is 0 Å². The molecule has 22 heavy (non-hydrogen) atoms. The minimum atomic E-state index is 0.000506. The van der Waals surface area contributed by atoms with E-state index < -0.39 is 0 Å². The van der Waals surface area contributed by atoms with E-state index in [1.165, 1.54) is 0 Å². The first-order chi connectivity index (χ1) is 10.8. The Morgan fingerprint density at radius 1 is 1.23 bits per heavy atom. The first kappa shape index (κ1) is 13.7. The molecular formula is C16H20N4O2. The van der Waals surface area contributed by atoms with Crippen molar-refractivity contribution in [2.24, 2.45) is 0 Å². The predicted molar refractivity (Wildman–Crippen MR) is 80.7 cm³/mol. The molecule has 6 heteroatoms. The number of nitrogens with zero attached hydrogens (tertiary/aromatic N) is 4. The van der Waals surface area contributed by atoms with Crippen molar-refractivity contribution in [3.05, 3.63) is 30.2 Å². The van der Waals surface area contributed by atoms with Crippen molar-refractivity contribution in [2.75, 3.05) is 19.7 Å². The third-order valence-electron chi connectivity index (χ3n) is 4.83. The van der Waals surface area contributed by atoms with Gasteiger partial charge in [0.1, 0.15) is 0 Å². The number of likely N-dealkylation sites (tertiary alicyclic amines) is 1. The number of ether oxygens (including phenoxy) is 1. The zero-order chi connectivity index (χ0) is 15.0. The molecule has 2 aliphatic rings. The molecule has 4 heterocycles. The molecule has 6 nitrogen and oxygen atoms in total. The molecule has 2 fully saturated rings. The van der Waals surface area contributed by atoms with E-state index >= 15 is 0 Å². The maximum atomic E-state index is 12.7. The number of amides is 1. The lowest BCUT2D eigenvalue weighted by molar-refractivity contribution is -0.00693. The summed E-state index contributed by atoms with van der Waals surface area (Å²) in [5, 5.41) is 4.34. The molecule has 1 amide bonds. The van der Waals surface area contributed by atoms with Gasteiger partial charge in [0.2, 0.25) is 0 Å². The Bertz CT molecular complexity index is 657. The summed E-state index contributed by atoms with van der Waals surface area (Å²) in [4.78, 5) is 18.8. The Balaban J connectivity index is 1.52. The van der Waals surface area contributed by atoms with E-state index in [0.717, 1.165) is 51.8 Å². The van der Waals surface area contributed by atoms with Crippen LogP contribution in [0.5, 0.6) is 0 Å². The molecule has 1 spiro atoms. The van der Waals surface area contributed by atoms with E-state index in [2.05, 4.69) is 10.1 Å². The SMILES string of the molecule is O=C(c1cc2ncccn2n1)N1CCC[C@]2(CCCO2)CC1. The normalized spacial score (nSPS) is 25.7. The number of hydrogen-bond donors (Lipinski definition) is 0. The summed E-state index contributed by atoms with van der Waals surface area (Å²) in [5.74, 6) is 0.000506. The van der Waals surface area contributed by atoms with Crippen molar-refractivity contribution in [1.82, 2.24) is 19.5 Å². The molecule has 116 valence electrons. The fraction of sp³-hybridized carbons (Fsp3) is 0.562. The van der Waals surface area contributed by atoms with Crippen LogP contribution >= 0.6 is 0 Å². The molecule has 0 unspecified atom stereocenters. The highest BCUT2D eigenvalue weighted by molar-refractivity contribution is 5.93. The van der Waals surface area contributed by atoms with E-state index in [1.807, 2.05) is 11.1 Å². The Hall–Kier alpha value is -1.95. The second kappa shape index (κ2) is 5.35. The molecule has 2 saturated heterocycles. The number of carbonyl (C=O) groups is 1. The summed E-state index contributed by atoms with van der Waals surface area (Å²) in [5.41, 5.74) is 1.20. The highest BCUT2D eigenvalue weighted by atomic mass is 16.5. The molecule has 1 atom stereocenters. The average Bonchev–Trinajstić information content (AvgIpc) is 3.11. The van der Waals surface area contributed by atoms with Crippen LogP contribution in [-0.4, -0.2) is 50.7 Å². The number of hydrogen-bond acceptors (Lipinski definition) is 4. The monoisotopic (exact) mass is 300 g/mol. The molecule has 4 rings (SSSR count). The predicted octanol–water partition coefficient (Wildman–Crippen LogP) is 1.90. The maximum absolute atomic E-state index is 12.7. The zero-order valence-corrected chi connectivity index (χ0v) is 12.6. The summed E-state index contributed by atoms with van der Waals surface area (Å²) in [6.45, 7) is 2.40. The average molecular weight is 300 g/mol. The van der Waals surface area contributed by atoms with Crippen molar-refractivity contribution in [3.8, 4) is 0 Å². The van der Waals surface area contributed by atoms with Gasteiger partial charge in [-0.1, -0.05) is 0 Å². The van der Waals surface area contributed by atoms with Gasteiger partial charge in [0, 0.05) is 38.2 Å². The fourth-order valence-corrected chi connectivity index (χ4v) is 3.62. The van der Waals surface area contributed by atoms with Crippen LogP contribution in [0.1, 0.15) is 42.6 Å². The lowest BCUT2D eigenvalue weighted by Crippen LogP contribution is -2.34. The fourth-order valence-electron chi connectivity index (χ4n) is 3.62. The van der Waals surface area contributed by atoms with Gasteiger partial charge in [-0.05, 0) is 38.2 Å². The van der Waals surface area contributed by atoms with Crippen LogP contribution in [0, 0.1) is 0 Å². The van der Waals surface area contributed by atoms with Gasteiger partial charge in [-0.2, -0.15) is 5.10 Å². The van der Waals surface area contributed by atoms with E-state index in [0.29, 0.717) is 11.3 Å². The quantitative estimate of drug-likeness (QED) is 0.807. The largest absolute Gasteiger partial charge is 0.375 e. The Kier molecular flexibility index (Phi) is 3.33. The molecule has 0 radical (unpaired) electrons. The van der Waals surface area contributed by atoms with Gasteiger partial charge in [0.25, 0.3) is 5.91 Å². The third kappa shape index (κ3) is 2.37. The summed E-state index contributed by atoms with van der Waals surface area (Å²) in [6, 6.07) is 3.57. The maximum Gasteiger partial charge on any atom is 0.274 e. The van der Waals surface area contributed by atoms with E-state index in [1.54, 1.807) is 22.8 Å². The first-order valence-electron chi connectivity index (χ1n) is 7.99. The molecule has 2 aromatic heterocycles. The van der Waals surface area contributed by atoms with Gasteiger partial charge in [0.05, 0.1) is 5.60 Å². The summed E-state index contributed by atoms with van der Waals surface area (Å²) in [6.07, 6.45) is 8.78. The van der Waals surface area contributed by atoms with Crippen LogP contribution in [0.2, 0.25) is 0 Å². The van der Waals surface area contributed by atoms with Crippen LogP contribution in [0.25, 0.3) is 5.65 Å². The third-order valence-corrected chi connectivity index (χ3v) is 4.83. The van der Waals surface area contributed by atoms with Crippen LogP contribution < -0.4 is 0 Å². The highest BCUT2D eigenvalue weighted by Crippen LogP contribution is 2.35. The Morgan fingerprint density at radius 2 is 2.14 bits per heavy atom. The van der Waals surface area contributed by atoms with Crippen molar-refractivity contribution in [2.45, 2.75) is 37.7 Å². The van der Waals surface area contributed by atoms with Crippen molar-refractivity contribution in [1.29, 1.82) is 0 Å². The molecule has 0 N–H and O–H groups in total. The van der Waals surface area contributed by atoms with Gasteiger partial charge in [-0.3, -0.25) is 4.79 Å². The Morgan fingerprint density at radius 3 is 2.95 bits per heavy atom. The van der Waals surface area contributed by atoms with Gasteiger partial charge in [-0.25, -0.2) is 9.50 Å². The summed E-state index contributed by atoms with van der Waals surface area (Å²) in [7, 11) is 0. The van der Waals surface area contributed by atoms with Crippen LogP contribution in [0.15, 0.2) is 24.5 Å². The van der Waals surface area contributed by atoms with Crippen LogP contribution in [0.3, 0.4) is 0 Å². The van der Waals surface area contributed by atoms with Gasteiger partial charge in [0.15, 0.2) is 11.3 Å². The van der Waals surface area contributed by atoms with Crippen LogP contribution in [0.4, 0.5) is 0 Å². The molecule has 0 aliphatic carbocycles.